The number of carbonyl (C=O) groups excluding carboxylic acids is 1. The Balaban J connectivity index is 1.27. The van der Waals surface area contributed by atoms with E-state index in [0.717, 1.165) is 6.07 Å². The molecule has 4 rings (SSSR count). The molecule has 0 radical (unpaired) electrons. The van der Waals surface area contributed by atoms with Gasteiger partial charge in [0.15, 0.2) is 0 Å². The second-order valence-corrected chi connectivity index (χ2v) is 8.01. The number of hydrogen-bond donors (Lipinski definition) is 1. The Morgan fingerprint density at radius 3 is 2.76 bits per heavy atom. The number of carbonyl (C=O) groups is 1. The van der Waals surface area contributed by atoms with Crippen molar-refractivity contribution in [1.82, 2.24) is 20.5 Å². The number of amides is 1. The number of fused-ring (bicyclic) bond motifs is 1. The molecule has 1 aromatic carbocycles. The molecule has 0 unspecified atom stereocenters. The van der Waals surface area contributed by atoms with Crippen molar-refractivity contribution in [2.75, 3.05) is 0 Å². The molecule has 2 aromatic heterocycles. The summed E-state index contributed by atoms with van der Waals surface area (Å²) < 4.78 is 59.7. The molecule has 2 heterocycles. The molecular weight excluding hydrogens is 468 g/mol. The van der Waals surface area contributed by atoms with Gasteiger partial charge < -0.3 is 9.73 Å². The molecule has 174 valence electrons. The highest BCUT2D eigenvalue weighted by Crippen LogP contribution is 2.40. The molecule has 1 saturated carbocycles. The molecule has 1 aliphatic carbocycles. The summed E-state index contributed by atoms with van der Waals surface area (Å²) in [5.41, 5.74) is 0.727. The predicted molar refractivity (Wildman–Crippen MR) is 109 cm³/mol. The first kappa shape index (κ1) is 23.1. The van der Waals surface area contributed by atoms with Gasteiger partial charge >= 0.3 is 6.36 Å². The SMILES string of the molecule is C=C(CCc1nnc(C2CC(OC(F)(F)F)C2)o1)NC(=O)c1ccc2cc(Cl)c(F)cc2n1. The van der Waals surface area contributed by atoms with E-state index >= 15 is 0 Å². The summed E-state index contributed by atoms with van der Waals surface area (Å²) in [5, 5.41) is 10.9. The van der Waals surface area contributed by atoms with Gasteiger partial charge in [-0.2, -0.15) is 0 Å². The first-order chi connectivity index (χ1) is 15.6. The number of ether oxygens (including phenoxy) is 1. The summed E-state index contributed by atoms with van der Waals surface area (Å²) >= 11 is 5.75. The first-order valence-corrected chi connectivity index (χ1v) is 10.3. The zero-order chi connectivity index (χ0) is 23.8. The molecule has 0 atom stereocenters. The molecule has 1 amide bonds. The third-order valence-electron chi connectivity index (χ3n) is 5.12. The first-order valence-electron chi connectivity index (χ1n) is 9.89. The van der Waals surface area contributed by atoms with Crippen molar-refractivity contribution < 1.29 is 31.5 Å². The molecule has 0 spiro atoms. The van der Waals surface area contributed by atoms with Crippen LogP contribution in [0.1, 0.15) is 47.5 Å². The number of aromatic nitrogens is 3. The maximum absolute atomic E-state index is 13.7. The summed E-state index contributed by atoms with van der Waals surface area (Å²) in [6.45, 7) is 3.79. The van der Waals surface area contributed by atoms with Crippen LogP contribution in [0.2, 0.25) is 5.02 Å². The van der Waals surface area contributed by atoms with Gasteiger partial charge in [0.05, 0.1) is 16.6 Å². The van der Waals surface area contributed by atoms with E-state index in [1.165, 1.54) is 12.1 Å². The molecule has 1 aliphatic rings. The maximum Gasteiger partial charge on any atom is 0.522 e. The van der Waals surface area contributed by atoms with Crippen molar-refractivity contribution in [3.8, 4) is 0 Å². The summed E-state index contributed by atoms with van der Waals surface area (Å²) in [6, 6.07) is 5.66. The van der Waals surface area contributed by atoms with Gasteiger partial charge in [-0.25, -0.2) is 9.37 Å². The summed E-state index contributed by atoms with van der Waals surface area (Å²) in [5.74, 6) is -0.900. The zero-order valence-electron chi connectivity index (χ0n) is 17.0. The van der Waals surface area contributed by atoms with Crippen LogP contribution in [0, 0.1) is 5.82 Å². The van der Waals surface area contributed by atoms with Gasteiger partial charge in [-0.15, -0.1) is 23.4 Å². The van der Waals surface area contributed by atoms with Gasteiger partial charge in [0.25, 0.3) is 5.91 Å². The van der Waals surface area contributed by atoms with Gasteiger partial charge in [-0.05, 0) is 31.4 Å². The fraction of sp³-hybridized carbons (Fsp3) is 0.333. The van der Waals surface area contributed by atoms with E-state index in [0.29, 0.717) is 11.1 Å². The Hall–Kier alpha value is -3.05. The minimum Gasteiger partial charge on any atom is -0.425 e. The highest BCUT2D eigenvalue weighted by molar-refractivity contribution is 6.31. The second kappa shape index (κ2) is 9.06. The van der Waals surface area contributed by atoms with E-state index in [1.807, 2.05) is 0 Å². The van der Waals surface area contributed by atoms with E-state index in [4.69, 9.17) is 16.0 Å². The molecule has 1 fully saturated rings. The van der Waals surface area contributed by atoms with Gasteiger partial charge in [-0.1, -0.05) is 24.2 Å². The summed E-state index contributed by atoms with van der Waals surface area (Å²) in [4.78, 5) is 16.6. The Kier molecular flexibility index (Phi) is 6.35. The van der Waals surface area contributed by atoms with Crippen LogP contribution in [0.5, 0.6) is 0 Å². The lowest BCUT2D eigenvalue weighted by molar-refractivity contribution is -0.352. The molecule has 1 N–H and O–H groups in total. The van der Waals surface area contributed by atoms with Crippen molar-refractivity contribution in [3.63, 3.8) is 0 Å². The molecule has 7 nitrogen and oxygen atoms in total. The minimum atomic E-state index is -4.66. The number of aryl methyl sites for hydroxylation is 1. The third kappa shape index (κ3) is 5.66. The Morgan fingerprint density at radius 1 is 1.27 bits per heavy atom. The predicted octanol–water partition coefficient (Wildman–Crippen LogP) is 5.07. The van der Waals surface area contributed by atoms with Crippen LogP contribution in [0.25, 0.3) is 10.9 Å². The van der Waals surface area contributed by atoms with E-state index in [-0.39, 0.29) is 59.6 Å². The van der Waals surface area contributed by atoms with E-state index in [2.05, 4.69) is 31.8 Å². The maximum atomic E-state index is 13.7. The van der Waals surface area contributed by atoms with Crippen LogP contribution >= 0.6 is 11.6 Å². The molecule has 3 aromatic rings. The van der Waals surface area contributed by atoms with Gasteiger partial charge in [0, 0.05) is 29.5 Å². The van der Waals surface area contributed by atoms with Crippen molar-refractivity contribution in [2.24, 2.45) is 0 Å². The van der Waals surface area contributed by atoms with E-state index in [9.17, 15) is 22.4 Å². The highest BCUT2D eigenvalue weighted by atomic mass is 35.5. The van der Waals surface area contributed by atoms with Crippen LogP contribution in [0.15, 0.2) is 41.0 Å². The average molecular weight is 485 g/mol. The van der Waals surface area contributed by atoms with Crippen LogP contribution in [-0.4, -0.2) is 33.6 Å². The lowest BCUT2D eigenvalue weighted by atomic mass is 9.82. The zero-order valence-corrected chi connectivity index (χ0v) is 17.7. The lowest BCUT2D eigenvalue weighted by Gasteiger charge is -2.32. The van der Waals surface area contributed by atoms with E-state index < -0.39 is 24.2 Å². The standard InChI is InChI=1S/C21H17ClF4N4O3/c1-10(27-19(31)16-4-3-11-8-14(22)15(23)9-17(11)28-16)2-5-18-29-30-20(32-18)12-6-13(7-12)33-21(24,25)26/h3-4,8-9,12-13H,1-2,5-7H2,(H,27,31). The number of allylic oxidation sites excluding steroid dienone is 1. The molecular formula is C21H17ClF4N4O3. The summed E-state index contributed by atoms with van der Waals surface area (Å²) in [7, 11) is 0. The minimum absolute atomic E-state index is 0.0363. The number of nitrogens with zero attached hydrogens (tertiary/aromatic N) is 3. The number of alkyl halides is 3. The van der Waals surface area contributed by atoms with Crippen molar-refractivity contribution in [2.45, 2.75) is 44.1 Å². The van der Waals surface area contributed by atoms with Gasteiger partial charge in [-0.3, -0.25) is 9.53 Å². The van der Waals surface area contributed by atoms with Crippen LogP contribution in [-0.2, 0) is 11.2 Å². The molecule has 33 heavy (non-hydrogen) atoms. The molecule has 12 heteroatoms. The normalized spacial score (nSPS) is 18.2. The van der Waals surface area contributed by atoms with Crippen molar-refractivity contribution in [3.05, 3.63) is 64.9 Å². The topological polar surface area (TPSA) is 90.1 Å². The second-order valence-electron chi connectivity index (χ2n) is 7.60. The Morgan fingerprint density at radius 2 is 2.03 bits per heavy atom. The Labute approximate surface area is 189 Å². The van der Waals surface area contributed by atoms with Crippen LogP contribution in [0.4, 0.5) is 17.6 Å². The van der Waals surface area contributed by atoms with Crippen LogP contribution < -0.4 is 5.32 Å². The number of halogens is 5. The number of pyridine rings is 1. The fourth-order valence-corrected chi connectivity index (χ4v) is 3.55. The van der Waals surface area contributed by atoms with Gasteiger partial charge in [0.1, 0.15) is 11.5 Å². The third-order valence-corrected chi connectivity index (χ3v) is 5.41. The average Bonchev–Trinajstić information content (AvgIpc) is 3.17. The number of nitrogens with one attached hydrogen (secondary N) is 1. The van der Waals surface area contributed by atoms with Crippen LogP contribution in [0.3, 0.4) is 0 Å². The number of rotatable bonds is 7. The van der Waals surface area contributed by atoms with Crippen molar-refractivity contribution >= 4 is 28.4 Å². The Bertz CT molecular complexity index is 1210. The number of benzene rings is 1. The van der Waals surface area contributed by atoms with Gasteiger partial charge in [0.2, 0.25) is 11.8 Å². The molecule has 0 aliphatic heterocycles. The largest absolute Gasteiger partial charge is 0.522 e. The summed E-state index contributed by atoms with van der Waals surface area (Å²) in [6.07, 6.45) is -4.70. The monoisotopic (exact) mass is 484 g/mol. The fourth-order valence-electron chi connectivity index (χ4n) is 3.37. The highest BCUT2D eigenvalue weighted by Gasteiger charge is 2.42. The smallest absolute Gasteiger partial charge is 0.425 e. The lowest BCUT2D eigenvalue weighted by Crippen LogP contribution is -2.34. The molecule has 0 saturated heterocycles. The number of hydrogen-bond acceptors (Lipinski definition) is 6. The van der Waals surface area contributed by atoms with E-state index in [1.54, 1.807) is 6.07 Å². The van der Waals surface area contributed by atoms with Crippen molar-refractivity contribution in [1.29, 1.82) is 0 Å². The molecule has 0 bridgehead atoms. The quantitative estimate of drug-likeness (QED) is 0.471.